The molecule has 0 saturated heterocycles. The van der Waals surface area contributed by atoms with Gasteiger partial charge < -0.3 is 5.32 Å². The molecule has 0 aliphatic carbocycles. The Morgan fingerprint density at radius 3 is 2.62 bits per heavy atom. The molecule has 0 bridgehead atoms. The molecule has 21 heavy (non-hydrogen) atoms. The number of nitrogens with zero attached hydrogens (tertiary/aromatic N) is 4. The number of anilines is 2. The number of para-hydroxylation sites is 1. The van der Waals surface area contributed by atoms with Gasteiger partial charge in [-0.2, -0.15) is 9.47 Å². The second-order valence-corrected chi connectivity index (χ2v) is 5.54. The Labute approximate surface area is 127 Å². The Hall–Kier alpha value is -2.21. The van der Waals surface area contributed by atoms with E-state index in [2.05, 4.69) is 33.6 Å². The first-order chi connectivity index (χ1) is 10.2. The first-order valence-electron chi connectivity index (χ1n) is 6.90. The molecule has 0 unspecified atom stereocenters. The molecular formula is C15H17N5S. The molecule has 0 atom stereocenters. The van der Waals surface area contributed by atoms with Crippen molar-refractivity contribution in [2.45, 2.75) is 27.2 Å². The number of nitrogens with one attached hydrogen (secondary N) is 1. The minimum atomic E-state index is 0.811. The van der Waals surface area contributed by atoms with Crippen LogP contribution >= 0.6 is 11.5 Å². The van der Waals surface area contributed by atoms with Gasteiger partial charge in [-0.3, -0.25) is 0 Å². The van der Waals surface area contributed by atoms with Gasteiger partial charge in [0.1, 0.15) is 5.82 Å². The highest BCUT2D eigenvalue weighted by Crippen LogP contribution is 2.27. The highest BCUT2D eigenvalue weighted by molar-refractivity contribution is 7.09. The van der Waals surface area contributed by atoms with Crippen molar-refractivity contribution in [3.8, 4) is 5.69 Å². The van der Waals surface area contributed by atoms with Gasteiger partial charge in [-0.25, -0.2) is 9.67 Å². The fourth-order valence-electron chi connectivity index (χ4n) is 2.20. The second kappa shape index (κ2) is 5.65. The Morgan fingerprint density at radius 2 is 1.95 bits per heavy atom. The third-order valence-electron chi connectivity index (χ3n) is 3.31. The number of aromatic nitrogens is 4. The van der Waals surface area contributed by atoms with E-state index in [4.69, 9.17) is 0 Å². The zero-order valence-corrected chi connectivity index (χ0v) is 13.1. The summed E-state index contributed by atoms with van der Waals surface area (Å²) in [5.74, 6) is 0.869. The lowest BCUT2D eigenvalue weighted by atomic mass is 10.3. The summed E-state index contributed by atoms with van der Waals surface area (Å²) in [7, 11) is 0. The zero-order chi connectivity index (χ0) is 14.8. The van der Waals surface area contributed by atoms with Gasteiger partial charge >= 0.3 is 0 Å². The van der Waals surface area contributed by atoms with Crippen molar-refractivity contribution < 1.29 is 0 Å². The summed E-state index contributed by atoms with van der Waals surface area (Å²) in [6.45, 7) is 6.10. The van der Waals surface area contributed by atoms with Gasteiger partial charge in [-0.05, 0) is 26.0 Å². The van der Waals surface area contributed by atoms with E-state index < -0.39 is 0 Å². The molecule has 0 spiro atoms. The summed E-state index contributed by atoms with van der Waals surface area (Å²) in [5.41, 5.74) is 4.06. The summed E-state index contributed by atoms with van der Waals surface area (Å²) in [5, 5.41) is 8.77. The van der Waals surface area contributed by atoms with Gasteiger partial charge in [0.2, 0.25) is 5.13 Å². The number of benzene rings is 1. The van der Waals surface area contributed by atoms with Crippen molar-refractivity contribution in [2.24, 2.45) is 0 Å². The van der Waals surface area contributed by atoms with E-state index in [0.717, 1.165) is 40.1 Å². The van der Waals surface area contributed by atoms with Crippen LogP contribution in [0, 0.1) is 13.8 Å². The predicted molar refractivity (Wildman–Crippen MR) is 85.6 cm³/mol. The van der Waals surface area contributed by atoms with Gasteiger partial charge in [0.25, 0.3) is 0 Å². The van der Waals surface area contributed by atoms with E-state index >= 15 is 0 Å². The van der Waals surface area contributed by atoms with Crippen molar-refractivity contribution in [3.05, 3.63) is 47.5 Å². The van der Waals surface area contributed by atoms with Crippen molar-refractivity contribution in [2.75, 3.05) is 5.32 Å². The van der Waals surface area contributed by atoms with Crippen LogP contribution in [0.2, 0.25) is 0 Å². The normalized spacial score (nSPS) is 10.8. The van der Waals surface area contributed by atoms with Crippen LogP contribution in [0.4, 0.5) is 10.8 Å². The summed E-state index contributed by atoms with van der Waals surface area (Å²) in [4.78, 5) is 4.45. The monoisotopic (exact) mass is 299 g/mol. The fraction of sp³-hybridized carbons (Fsp3) is 0.267. The Balaban J connectivity index is 1.95. The molecule has 0 aliphatic heterocycles. The van der Waals surface area contributed by atoms with Gasteiger partial charge in [-0.1, -0.05) is 25.1 Å². The van der Waals surface area contributed by atoms with E-state index in [-0.39, 0.29) is 0 Å². The first-order valence-corrected chi connectivity index (χ1v) is 7.67. The number of hydrogen-bond acceptors (Lipinski definition) is 5. The standard InChI is InChI=1S/C15H17N5S/c1-4-13-16-15(21-19-13)17-14-10(2)18-20(11(14)3)12-8-6-5-7-9-12/h5-9H,4H2,1-3H3,(H,16,17,19). The second-order valence-electron chi connectivity index (χ2n) is 4.79. The quantitative estimate of drug-likeness (QED) is 0.799. The van der Waals surface area contributed by atoms with E-state index in [1.807, 2.05) is 41.9 Å². The Kier molecular flexibility index (Phi) is 3.70. The van der Waals surface area contributed by atoms with E-state index in [1.54, 1.807) is 0 Å². The summed E-state index contributed by atoms with van der Waals surface area (Å²) in [6.07, 6.45) is 0.847. The molecule has 1 N–H and O–H groups in total. The van der Waals surface area contributed by atoms with Crippen LogP contribution in [0.5, 0.6) is 0 Å². The highest BCUT2D eigenvalue weighted by Gasteiger charge is 2.14. The minimum absolute atomic E-state index is 0.811. The van der Waals surface area contributed by atoms with Crippen LogP contribution in [0.3, 0.4) is 0 Å². The van der Waals surface area contributed by atoms with Crippen LogP contribution in [0.15, 0.2) is 30.3 Å². The van der Waals surface area contributed by atoms with E-state index in [1.165, 1.54) is 11.5 Å². The molecule has 0 fully saturated rings. The lowest BCUT2D eigenvalue weighted by molar-refractivity contribution is 0.834. The molecule has 0 radical (unpaired) electrons. The fourth-order valence-corrected chi connectivity index (χ4v) is 2.86. The molecular weight excluding hydrogens is 282 g/mol. The maximum absolute atomic E-state index is 4.61. The lowest BCUT2D eigenvalue weighted by Crippen LogP contribution is -1.99. The van der Waals surface area contributed by atoms with Crippen molar-refractivity contribution >= 4 is 22.4 Å². The lowest BCUT2D eigenvalue weighted by Gasteiger charge is -2.05. The average Bonchev–Trinajstić information content (AvgIpc) is 3.08. The molecule has 6 heteroatoms. The number of aryl methyl sites for hydroxylation is 2. The molecule has 1 aromatic carbocycles. The third-order valence-corrected chi connectivity index (χ3v) is 3.98. The Morgan fingerprint density at radius 1 is 1.19 bits per heavy atom. The molecule has 108 valence electrons. The van der Waals surface area contributed by atoms with Gasteiger partial charge in [-0.15, -0.1) is 0 Å². The summed E-state index contributed by atoms with van der Waals surface area (Å²) >= 11 is 1.38. The van der Waals surface area contributed by atoms with Crippen molar-refractivity contribution in [1.82, 2.24) is 19.1 Å². The van der Waals surface area contributed by atoms with Crippen LogP contribution in [0.25, 0.3) is 5.69 Å². The maximum Gasteiger partial charge on any atom is 0.207 e. The SMILES string of the molecule is CCc1nsc(Nc2c(C)nn(-c3ccccc3)c2C)n1. The largest absolute Gasteiger partial charge is 0.327 e. The van der Waals surface area contributed by atoms with Crippen LogP contribution in [0.1, 0.15) is 24.1 Å². The topological polar surface area (TPSA) is 55.6 Å². The minimum Gasteiger partial charge on any atom is -0.327 e. The number of rotatable bonds is 4. The van der Waals surface area contributed by atoms with Crippen LogP contribution in [-0.2, 0) is 6.42 Å². The summed E-state index contributed by atoms with van der Waals surface area (Å²) < 4.78 is 6.24. The molecule has 3 aromatic rings. The average molecular weight is 299 g/mol. The van der Waals surface area contributed by atoms with Gasteiger partial charge in [0.05, 0.1) is 22.8 Å². The molecule has 3 rings (SSSR count). The van der Waals surface area contributed by atoms with Crippen LogP contribution < -0.4 is 5.32 Å². The van der Waals surface area contributed by atoms with Crippen molar-refractivity contribution in [3.63, 3.8) is 0 Å². The molecule has 2 heterocycles. The van der Waals surface area contributed by atoms with Crippen LogP contribution in [-0.4, -0.2) is 19.1 Å². The smallest absolute Gasteiger partial charge is 0.207 e. The molecule has 0 aliphatic rings. The van der Waals surface area contributed by atoms with Crippen molar-refractivity contribution in [1.29, 1.82) is 0 Å². The first kappa shape index (κ1) is 13.8. The van der Waals surface area contributed by atoms with Gasteiger partial charge in [0, 0.05) is 18.0 Å². The summed E-state index contributed by atoms with van der Waals surface area (Å²) in [6, 6.07) is 10.1. The molecule has 5 nitrogen and oxygen atoms in total. The maximum atomic E-state index is 4.61. The highest BCUT2D eigenvalue weighted by atomic mass is 32.1. The van der Waals surface area contributed by atoms with E-state index in [9.17, 15) is 0 Å². The van der Waals surface area contributed by atoms with E-state index in [0.29, 0.717) is 0 Å². The number of hydrogen-bond donors (Lipinski definition) is 1. The van der Waals surface area contributed by atoms with Gasteiger partial charge in [0.15, 0.2) is 0 Å². The predicted octanol–water partition coefficient (Wildman–Crippen LogP) is 3.65. The third kappa shape index (κ3) is 2.67. The molecule has 0 saturated carbocycles. The zero-order valence-electron chi connectivity index (χ0n) is 12.3. The molecule has 0 amide bonds. The molecule has 2 aromatic heterocycles. The Bertz CT molecular complexity index is 745.